The Kier molecular flexibility index (Phi) is 2.56. The first-order chi connectivity index (χ1) is 7.01. The first kappa shape index (κ1) is 10.6. The first-order valence-corrected chi connectivity index (χ1v) is 5.67. The Morgan fingerprint density at radius 1 is 1.53 bits per heavy atom. The summed E-state index contributed by atoms with van der Waals surface area (Å²) in [6.45, 7) is 1.95. The van der Waals surface area contributed by atoms with E-state index in [0.717, 1.165) is 28.6 Å². The van der Waals surface area contributed by atoms with Crippen molar-refractivity contribution in [2.75, 3.05) is 5.32 Å². The van der Waals surface area contributed by atoms with E-state index in [4.69, 9.17) is 5.73 Å². The van der Waals surface area contributed by atoms with Crippen LogP contribution >= 0.6 is 15.9 Å². The number of amides is 1. The highest BCUT2D eigenvalue weighted by atomic mass is 79.9. The van der Waals surface area contributed by atoms with Crippen molar-refractivity contribution in [3.05, 3.63) is 28.2 Å². The van der Waals surface area contributed by atoms with E-state index in [1.54, 1.807) is 0 Å². The Bertz CT molecular complexity index is 413. The molecule has 1 amide bonds. The molecule has 15 heavy (non-hydrogen) atoms. The number of aryl methyl sites for hydroxylation is 1. The number of rotatable bonds is 2. The van der Waals surface area contributed by atoms with Gasteiger partial charge in [-0.3, -0.25) is 4.79 Å². The maximum atomic E-state index is 11.7. The molecule has 1 aromatic carbocycles. The molecule has 1 aliphatic carbocycles. The molecule has 0 unspecified atom stereocenters. The Morgan fingerprint density at radius 3 is 2.73 bits per heavy atom. The normalized spacial score (nSPS) is 17.3. The predicted molar refractivity (Wildman–Crippen MR) is 63.7 cm³/mol. The number of hydrogen-bond acceptors (Lipinski definition) is 2. The molecule has 0 aromatic heterocycles. The molecule has 0 spiro atoms. The minimum atomic E-state index is -0.612. The van der Waals surface area contributed by atoms with Gasteiger partial charge in [-0.15, -0.1) is 0 Å². The third-order valence-electron chi connectivity index (χ3n) is 2.68. The van der Waals surface area contributed by atoms with Crippen LogP contribution in [-0.4, -0.2) is 11.4 Å². The number of carbonyl (C=O) groups excluding carboxylic acids is 1. The SMILES string of the molecule is Cc1cc(Br)ccc1NC(=O)C1(N)CC1. The molecule has 2 rings (SSSR count). The molecule has 1 aliphatic rings. The highest BCUT2D eigenvalue weighted by Crippen LogP contribution is 2.33. The Hall–Kier alpha value is -0.870. The number of nitrogens with one attached hydrogen (secondary N) is 1. The monoisotopic (exact) mass is 268 g/mol. The quantitative estimate of drug-likeness (QED) is 0.864. The van der Waals surface area contributed by atoms with Gasteiger partial charge in [-0.25, -0.2) is 0 Å². The maximum Gasteiger partial charge on any atom is 0.244 e. The first-order valence-electron chi connectivity index (χ1n) is 4.88. The lowest BCUT2D eigenvalue weighted by atomic mass is 10.2. The fourth-order valence-electron chi connectivity index (χ4n) is 1.38. The van der Waals surface area contributed by atoms with Crippen LogP contribution in [0.5, 0.6) is 0 Å². The van der Waals surface area contributed by atoms with Crippen LogP contribution in [0.25, 0.3) is 0 Å². The molecule has 1 saturated carbocycles. The molecule has 1 fully saturated rings. The minimum Gasteiger partial charge on any atom is -0.324 e. The summed E-state index contributed by atoms with van der Waals surface area (Å²) in [7, 11) is 0. The summed E-state index contributed by atoms with van der Waals surface area (Å²) in [4.78, 5) is 11.7. The standard InChI is InChI=1S/C11H13BrN2O/c1-7-6-8(12)2-3-9(7)14-10(15)11(13)4-5-11/h2-3,6H,4-5,13H2,1H3,(H,14,15). The lowest BCUT2D eigenvalue weighted by Crippen LogP contribution is -2.37. The van der Waals surface area contributed by atoms with Crippen LogP contribution in [0, 0.1) is 6.92 Å². The van der Waals surface area contributed by atoms with E-state index in [-0.39, 0.29) is 5.91 Å². The number of anilines is 1. The van der Waals surface area contributed by atoms with Gasteiger partial charge in [0, 0.05) is 10.2 Å². The van der Waals surface area contributed by atoms with Gasteiger partial charge in [0.05, 0.1) is 5.54 Å². The number of hydrogen-bond donors (Lipinski definition) is 2. The molecule has 0 atom stereocenters. The third kappa shape index (κ3) is 2.21. The summed E-state index contributed by atoms with van der Waals surface area (Å²) in [5.74, 6) is -0.0760. The maximum absolute atomic E-state index is 11.7. The summed E-state index contributed by atoms with van der Waals surface area (Å²) in [6, 6.07) is 5.74. The zero-order chi connectivity index (χ0) is 11.1. The highest BCUT2D eigenvalue weighted by molar-refractivity contribution is 9.10. The Balaban J connectivity index is 2.14. The Morgan fingerprint density at radius 2 is 2.20 bits per heavy atom. The van der Waals surface area contributed by atoms with Crippen molar-refractivity contribution < 1.29 is 4.79 Å². The van der Waals surface area contributed by atoms with Crippen molar-refractivity contribution in [1.29, 1.82) is 0 Å². The molecule has 80 valence electrons. The average Bonchev–Trinajstić information content (AvgIpc) is 2.90. The average molecular weight is 269 g/mol. The fourth-order valence-corrected chi connectivity index (χ4v) is 1.85. The summed E-state index contributed by atoms with van der Waals surface area (Å²) < 4.78 is 1.01. The van der Waals surface area contributed by atoms with E-state index < -0.39 is 5.54 Å². The number of halogens is 1. The zero-order valence-corrected chi connectivity index (χ0v) is 10.1. The Labute approximate surface area is 97.2 Å². The summed E-state index contributed by atoms with van der Waals surface area (Å²) in [5.41, 5.74) is 7.05. The number of carbonyl (C=O) groups is 1. The van der Waals surface area contributed by atoms with Crippen molar-refractivity contribution >= 4 is 27.5 Å². The van der Waals surface area contributed by atoms with Crippen molar-refractivity contribution in [2.24, 2.45) is 5.73 Å². The molecule has 4 heteroatoms. The molecule has 0 heterocycles. The van der Waals surface area contributed by atoms with Gasteiger partial charge >= 0.3 is 0 Å². The van der Waals surface area contributed by atoms with Crippen LogP contribution in [0.2, 0.25) is 0 Å². The molecule has 0 bridgehead atoms. The summed E-state index contributed by atoms with van der Waals surface area (Å²) in [6.07, 6.45) is 1.57. The van der Waals surface area contributed by atoms with E-state index in [1.165, 1.54) is 0 Å². The molecule has 0 radical (unpaired) electrons. The summed E-state index contributed by atoms with van der Waals surface area (Å²) >= 11 is 3.38. The number of nitrogens with two attached hydrogens (primary N) is 1. The van der Waals surface area contributed by atoms with Crippen LogP contribution in [0.3, 0.4) is 0 Å². The predicted octanol–water partition coefficient (Wildman–Crippen LogP) is 2.19. The molecule has 1 aromatic rings. The van der Waals surface area contributed by atoms with Crippen LogP contribution < -0.4 is 11.1 Å². The topological polar surface area (TPSA) is 55.1 Å². The smallest absolute Gasteiger partial charge is 0.244 e. The van der Waals surface area contributed by atoms with Gasteiger partial charge in [-0.2, -0.15) is 0 Å². The van der Waals surface area contributed by atoms with Gasteiger partial charge in [0.15, 0.2) is 0 Å². The van der Waals surface area contributed by atoms with Crippen LogP contribution in [0.4, 0.5) is 5.69 Å². The third-order valence-corrected chi connectivity index (χ3v) is 3.17. The van der Waals surface area contributed by atoms with Crippen LogP contribution in [0.1, 0.15) is 18.4 Å². The van der Waals surface area contributed by atoms with Crippen molar-refractivity contribution in [3.8, 4) is 0 Å². The summed E-state index contributed by atoms with van der Waals surface area (Å²) in [5, 5.41) is 2.86. The van der Waals surface area contributed by atoms with Gasteiger partial charge in [0.2, 0.25) is 5.91 Å². The largest absolute Gasteiger partial charge is 0.324 e. The lowest BCUT2D eigenvalue weighted by Gasteiger charge is -2.12. The number of benzene rings is 1. The van der Waals surface area contributed by atoms with E-state index in [9.17, 15) is 4.79 Å². The zero-order valence-electron chi connectivity index (χ0n) is 8.51. The molecule has 3 nitrogen and oxygen atoms in total. The molecule has 0 aliphatic heterocycles. The van der Waals surface area contributed by atoms with Crippen LogP contribution in [0.15, 0.2) is 22.7 Å². The van der Waals surface area contributed by atoms with Gasteiger partial charge in [0.25, 0.3) is 0 Å². The van der Waals surface area contributed by atoms with Crippen molar-refractivity contribution in [1.82, 2.24) is 0 Å². The van der Waals surface area contributed by atoms with E-state index in [0.29, 0.717) is 0 Å². The van der Waals surface area contributed by atoms with Crippen molar-refractivity contribution in [2.45, 2.75) is 25.3 Å². The second-order valence-electron chi connectivity index (χ2n) is 4.07. The lowest BCUT2D eigenvalue weighted by molar-refractivity contribution is -0.118. The highest BCUT2D eigenvalue weighted by Gasteiger charge is 2.45. The molecule has 3 N–H and O–H groups in total. The van der Waals surface area contributed by atoms with E-state index in [1.807, 2.05) is 25.1 Å². The van der Waals surface area contributed by atoms with Crippen molar-refractivity contribution in [3.63, 3.8) is 0 Å². The van der Waals surface area contributed by atoms with Crippen LogP contribution in [-0.2, 0) is 4.79 Å². The molecular weight excluding hydrogens is 256 g/mol. The van der Waals surface area contributed by atoms with Gasteiger partial charge < -0.3 is 11.1 Å². The van der Waals surface area contributed by atoms with Gasteiger partial charge in [0.1, 0.15) is 0 Å². The second-order valence-corrected chi connectivity index (χ2v) is 4.99. The second kappa shape index (κ2) is 3.61. The van der Waals surface area contributed by atoms with Gasteiger partial charge in [-0.1, -0.05) is 15.9 Å². The fraction of sp³-hybridized carbons (Fsp3) is 0.364. The molecular formula is C11H13BrN2O. The van der Waals surface area contributed by atoms with E-state index in [2.05, 4.69) is 21.2 Å². The molecule has 0 saturated heterocycles. The van der Waals surface area contributed by atoms with Gasteiger partial charge in [-0.05, 0) is 43.5 Å². The minimum absolute atomic E-state index is 0.0760. The van der Waals surface area contributed by atoms with E-state index >= 15 is 0 Å².